The van der Waals surface area contributed by atoms with Crippen LogP contribution in [-0.2, 0) is 19.4 Å². The van der Waals surface area contributed by atoms with Crippen molar-refractivity contribution < 1.29 is 18.0 Å². The van der Waals surface area contributed by atoms with Gasteiger partial charge in [-0.25, -0.2) is 8.42 Å². The average Bonchev–Trinajstić information content (AvgIpc) is 3.91. The molecular weight excluding hydrogens is 560 g/mol. The standard InChI is InChI=1S/C31H35ClN4O4S/c32-26-8-4-5-9-27(26)41(39,40)25-18-24(19-28(37)34-30(21-33)12-13-30)36(20-25)29(38)31(14-15-31)35-16-10-23(11-17-35)22-6-2-1-3-7-22/h1-9,23-25H,10-20H2,(H,34,37)/t24-,25-/m1/s1. The summed E-state index contributed by atoms with van der Waals surface area (Å²) in [4.78, 5) is 31.3. The van der Waals surface area contributed by atoms with Crippen LogP contribution in [0.5, 0.6) is 0 Å². The van der Waals surface area contributed by atoms with Crippen molar-refractivity contribution in [3.05, 3.63) is 65.2 Å². The second kappa shape index (κ2) is 10.7. The second-order valence-electron chi connectivity index (χ2n) is 12.1. The molecule has 4 aliphatic rings. The Hall–Kier alpha value is -2.93. The van der Waals surface area contributed by atoms with E-state index in [-0.39, 0.29) is 41.1 Å². The van der Waals surface area contributed by atoms with Crippen molar-refractivity contribution >= 4 is 33.3 Å². The number of hydrogen-bond acceptors (Lipinski definition) is 6. The number of nitrogens with zero attached hydrogens (tertiary/aromatic N) is 3. The van der Waals surface area contributed by atoms with Crippen LogP contribution in [0.4, 0.5) is 0 Å². The Kier molecular flexibility index (Phi) is 7.37. The molecule has 1 N–H and O–H groups in total. The molecule has 2 amide bonds. The highest BCUT2D eigenvalue weighted by molar-refractivity contribution is 7.92. The van der Waals surface area contributed by atoms with E-state index < -0.39 is 32.2 Å². The van der Waals surface area contributed by atoms with E-state index in [2.05, 4.69) is 40.6 Å². The first-order chi connectivity index (χ1) is 19.7. The van der Waals surface area contributed by atoms with Crippen LogP contribution < -0.4 is 5.32 Å². The van der Waals surface area contributed by atoms with Crippen molar-refractivity contribution in [3.8, 4) is 6.07 Å². The second-order valence-corrected chi connectivity index (χ2v) is 14.7. The molecule has 41 heavy (non-hydrogen) atoms. The van der Waals surface area contributed by atoms with Crippen molar-refractivity contribution in [1.82, 2.24) is 15.1 Å². The lowest BCUT2D eigenvalue weighted by atomic mass is 9.88. The van der Waals surface area contributed by atoms with Gasteiger partial charge in [-0.3, -0.25) is 14.5 Å². The van der Waals surface area contributed by atoms with Gasteiger partial charge in [0.25, 0.3) is 0 Å². The number of nitriles is 1. The maximum Gasteiger partial charge on any atom is 0.243 e. The molecular formula is C31H35ClN4O4S. The molecule has 0 aromatic heterocycles. The van der Waals surface area contributed by atoms with Crippen LogP contribution in [-0.4, -0.2) is 72.0 Å². The molecule has 2 saturated carbocycles. The van der Waals surface area contributed by atoms with Gasteiger partial charge in [0.1, 0.15) is 11.1 Å². The van der Waals surface area contributed by atoms with Crippen molar-refractivity contribution in [2.75, 3.05) is 19.6 Å². The first kappa shape index (κ1) is 28.2. The Bertz CT molecular complexity index is 1470. The number of carbonyl (C=O) groups excluding carboxylic acids is 2. The van der Waals surface area contributed by atoms with E-state index >= 15 is 0 Å². The van der Waals surface area contributed by atoms with Crippen LogP contribution in [0, 0.1) is 11.3 Å². The molecule has 2 aliphatic carbocycles. The summed E-state index contributed by atoms with van der Waals surface area (Å²) in [5.41, 5.74) is -0.134. The molecule has 2 aliphatic heterocycles. The number of amides is 2. The molecule has 0 spiro atoms. The van der Waals surface area contributed by atoms with E-state index in [1.54, 1.807) is 23.1 Å². The van der Waals surface area contributed by atoms with Crippen LogP contribution in [0.15, 0.2) is 59.5 Å². The zero-order valence-electron chi connectivity index (χ0n) is 23.0. The minimum absolute atomic E-state index is 0.0238. The zero-order chi connectivity index (χ0) is 28.8. The monoisotopic (exact) mass is 594 g/mol. The molecule has 10 heteroatoms. The fraction of sp³-hybridized carbons (Fsp3) is 0.516. The van der Waals surface area contributed by atoms with E-state index in [0.717, 1.165) is 38.8 Å². The van der Waals surface area contributed by atoms with Crippen LogP contribution >= 0.6 is 11.6 Å². The summed E-state index contributed by atoms with van der Waals surface area (Å²) in [6.45, 7) is 1.63. The molecule has 2 saturated heterocycles. The maximum absolute atomic E-state index is 14.3. The number of sulfone groups is 1. The summed E-state index contributed by atoms with van der Waals surface area (Å²) in [7, 11) is -3.84. The predicted molar refractivity (Wildman–Crippen MR) is 155 cm³/mol. The minimum Gasteiger partial charge on any atom is -0.338 e. The number of nitrogens with one attached hydrogen (secondary N) is 1. The molecule has 216 valence electrons. The van der Waals surface area contributed by atoms with Crippen molar-refractivity contribution in [3.63, 3.8) is 0 Å². The molecule has 0 radical (unpaired) electrons. The summed E-state index contributed by atoms with van der Waals surface area (Å²) in [5.74, 6) is 0.0597. The van der Waals surface area contributed by atoms with Gasteiger partial charge in [0.15, 0.2) is 9.84 Å². The Morgan fingerprint density at radius 2 is 1.66 bits per heavy atom. The van der Waals surface area contributed by atoms with E-state index in [0.29, 0.717) is 18.8 Å². The first-order valence-electron chi connectivity index (χ1n) is 14.5. The number of piperidine rings is 1. The molecule has 2 heterocycles. The summed E-state index contributed by atoms with van der Waals surface area (Å²) >= 11 is 6.28. The maximum atomic E-state index is 14.3. The Balaban J connectivity index is 1.21. The van der Waals surface area contributed by atoms with Gasteiger partial charge in [-0.15, -0.1) is 0 Å². The highest BCUT2D eigenvalue weighted by atomic mass is 35.5. The third kappa shape index (κ3) is 5.38. The molecule has 8 nitrogen and oxygen atoms in total. The van der Waals surface area contributed by atoms with Gasteiger partial charge in [0.2, 0.25) is 11.8 Å². The van der Waals surface area contributed by atoms with Crippen molar-refractivity contribution in [2.24, 2.45) is 0 Å². The smallest absolute Gasteiger partial charge is 0.243 e. The third-order valence-electron chi connectivity index (χ3n) is 9.48. The van der Waals surface area contributed by atoms with Gasteiger partial charge in [-0.05, 0) is 81.6 Å². The highest BCUT2D eigenvalue weighted by Crippen LogP contribution is 2.48. The summed E-state index contributed by atoms with van der Waals surface area (Å²) in [5, 5.41) is 11.5. The molecule has 0 unspecified atom stereocenters. The van der Waals surface area contributed by atoms with E-state index in [1.807, 2.05) is 6.07 Å². The van der Waals surface area contributed by atoms with Crippen molar-refractivity contribution in [1.29, 1.82) is 5.26 Å². The van der Waals surface area contributed by atoms with E-state index in [4.69, 9.17) is 11.6 Å². The fourth-order valence-electron chi connectivity index (χ4n) is 6.73. The number of likely N-dealkylation sites (tertiary alicyclic amines) is 2. The van der Waals surface area contributed by atoms with Gasteiger partial charge in [0, 0.05) is 19.0 Å². The van der Waals surface area contributed by atoms with Gasteiger partial charge in [-0.2, -0.15) is 5.26 Å². The molecule has 0 bridgehead atoms. The number of rotatable bonds is 8. The minimum atomic E-state index is -3.84. The lowest BCUT2D eigenvalue weighted by Gasteiger charge is -2.40. The predicted octanol–water partition coefficient (Wildman–Crippen LogP) is 4.06. The molecule has 6 rings (SSSR count). The Morgan fingerprint density at radius 3 is 2.27 bits per heavy atom. The third-order valence-corrected chi connectivity index (χ3v) is 12.1. The quantitative estimate of drug-likeness (QED) is 0.493. The highest BCUT2D eigenvalue weighted by Gasteiger charge is 2.59. The number of benzene rings is 2. The zero-order valence-corrected chi connectivity index (χ0v) is 24.5. The van der Waals surface area contributed by atoms with Gasteiger partial charge < -0.3 is 10.2 Å². The van der Waals surface area contributed by atoms with Crippen LogP contribution in [0.1, 0.15) is 62.8 Å². The number of hydrogen-bond donors (Lipinski definition) is 1. The summed E-state index contributed by atoms with van der Waals surface area (Å²) in [6, 6.07) is 18.4. The van der Waals surface area contributed by atoms with E-state index in [1.165, 1.54) is 11.6 Å². The van der Waals surface area contributed by atoms with Gasteiger partial charge >= 0.3 is 0 Å². The SMILES string of the molecule is N#CC1(NC(=O)C[C@H]2C[C@@H](S(=O)(=O)c3ccccc3Cl)CN2C(=O)C2(N3CCC(c4ccccc4)CC3)CC2)CC1. The van der Waals surface area contributed by atoms with Crippen molar-refractivity contribution in [2.45, 2.75) is 84.5 Å². The fourth-order valence-corrected chi connectivity index (χ4v) is 8.99. The molecule has 4 fully saturated rings. The lowest BCUT2D eigenvalue weighted by molar-refractivity contribution is -0.141. The van der Waals surface area contributed by atoms with Crippen LogP contribution in [0.2, 0.25) is 5.02 Å². The summed E-state index contributed by atoms with van der Waals surface area (Å²) in [6.07, 6.45) is 4.72. The topological polar surface area (TPSA) is 111 Å². The Labute approximate surface area is 246 Å². The van der Waals surface area contributed by atoms with Crippen LogP contribution in [0.3, 0.4) is 0 Å². The Morgan fingerprint density at radius 1 is 1.00 bits per heavy atom. The number of halogens is 1. The summed E-state index contributed by atoms with van der Waals surface area (Å²) < 4.78 is 27.4. The number of carbonyl (C=O) groups is 2. The molecule has 2 aromatic carbocycles. The molecule has 2 aromatic rings. The molecule has 2 atom stereocenters. The van der Waals surface area contributed by atoms with E-state index in [9.17, 15) is 23.3 Å². The van der Waals surface area contributed by atoms with Gasteiger partial charge in [-0.1, -0.05) is 54.1 Å². The van der Waals surface area contributed by atoms with Crippen LogP contribution in [0.25, 0.3) is 0 Å². The normalized spacial score (nSPS) is 25.3. The average molecular weight is 595 g/mol. The largest absolute Gasteiger partial charge is 0.338 e. The first-order valence-corrected chi connectivity index (χ1v) is 16.4. The lowest BCUT2D eigenvalue weighted by Crippen LogP contribution is -2.54. The van der Waals surface area contributed by atoms with Gasteiger partial charge in [0.05, 0.1) is 21.2 Å².